The van der Waals surface area contributed by atoms with Crippen LogP contribution in [0.5, 0.6) is 5.75 Å². The van der Waals surface area contributed by atoms with Gasteiger partial charge in [0.15, 0.2) is 0 Å². The number of rotatable bonds is 7. The summed E-state index contributed by atoms with van der Waals surface area (Å²) in [6, 6.07) is 15.4. The molecule has 0 radical (unpaired) electrons. The third-order valence-electron chi connectivity index (χ3n) is 5.23. The predicted octanol–water partition coefficient (Wildman–Crippen LogP) is 4.01. The molecule has 0 spiro atoms. The fourth-order valence-corrected chi connectivity index (χ4v) is 3.65. The van der Waals surface area contributed by atoms with Crippen LogP contribution in [0.2, 0.25) is 5.02 Å². The molecule has 0 aromatic heterocycles. The van der Waals surface area contributed by atoms with Crippen LogP contribution in [0.3, 0.4) is 0 Å². The molecule has 5 nitrogen and oxygen atoms in total. The lowest BCUT2D eigenvalue weighted by Crippen LogP contribution is -2.52. The van der Waals surface area contributed by atoms with Crippen molar-refractivity contribution in [1.29, 1.82) is 0 Å². The van der Waals surface area contributed by atoms with Crippen molar-refractivity contribution in [3.63, 3.8) is 0 Å². The van der Waals surface area contributed by atoms with Crippen molar-refractivity contribution in [2.24, 2.45) is 0 Å². The van der Waals surface area contributed by atoms with Gasteiger partial charge in [0.1, 0.15) is 5.75 Å². The number of amides is 1. The number of halogens is 1. The van der Waals surface area contributed by atoms with E-state index in [-0.39, 0.29) is 11.9 Å². The van der Waals surface area contributed by atoms with Gasteiger partial charge in [0.05, 0.1) is 18.2 Å². The number of benzene rings is 2. The summed E-state index contributed by atoms with van der Waals surface area (Å²) in [6.07, 6.45) is 4.36. The maximum absolute atomic E-state index is 12.6. The highest BCUT2D eigenvalue weighted by atomic mass is 35.5. The summed E-state index contributed by atoms with van der Waals surface area (Å²) in [6.45, 7) is 6.52. The van der Waals surface area contributed by atoms with Gasteiger partial charge in [-0.05, 0) is 30.7 Å². The summed E-state index contributed by atoms with van der Waals surface area (Å²) in [5.74, 6) is 0.568. The molecule has 1 saturated heterocycles. The van der Waals surface area contributed by atoms with Crippen molar-refractivity contribution in [3.8, 4) is 5.75 Å². The SMILES string of the molecule is COc1ccc(NC(=O)[C@@H](C)N2CCN(C/C=C/c3ccccc3)CC2)cc1Cl. The minimum Gasteiger partial charge on any atom is -0.495 e. The third-order valence-corrected chi connectivity index (χ3v) is 5.52. The van der Waals surface area contributed by atoms with E-state index in [1.807, 2.05) is 25.1 Å². The highest BCUT2D eigenvalue weighted by molar-refractivity contribution is 6.32. The first-order valence-electron chi connectivity index (χ1n) is 9.89. The number of ether oxygens (including phenoxy) is 1. The fraction of sp³-hybridized carbons (Fsp3) is 0.348. The van der Waals surface area contributed by atoms with E-state index in [4.69, 9.17) is 16.3 Å². The maximum atomic E-state index is 12.6. The zero-order valence-corrected chi connectivity index (χ0v) is 17.7. The molecule has 1 atom stereocenters. The minimum atomic E-state index is -0.196. The number of carbonyl (C=O) groups excluding carboxylic acids is 1. The number of anilines is 1. The summed E-state index contributed by atoms with van der Waals surface area (Å²) < 4.78 is 5.15. The Morgan fingerprint density at radius 1 is 1.17 bits per heavy atom. The molecule has 0 unspecified atom stereocenters. The second-order valence-electron chi connectivity index (χ2n) is 7.16. The zero-order valence-electron chi connectivity index (χ0n) is 17.0. The van der Waals surface area contributed by atoms with E-state index in [1.165, 1.54) is 5.56 Å². The molecule has 1 aliphatic rings. The molecule has 1 N–H and O–H groups in total. The average molecular weight is 414 g/mol. The lowest BCUT2D eigenvalue weighted by atomic mass is 10.2. The molecule has 3 rings (SSSR count). The number of methoxy groups -OCH3 is 1. The Labute approximate surface area is 177 Å². The molecular weight excluding hydrogens is 386 g/mol. The molecule has 0 aliphatic carbocycles. The normalized spacial score (nSPS) is 16.7. The second-order valence-corrected chi connectivity index (χ2v) is 7.57. The van der Waals surface area contributed by atoms with E-state index in [2.05, 4.69) is 39.4 Å². The Kier molecular flexibility index (Phi) is 7.69. The van der Waals surface area contributed by atoms with Gasteiger partial charge in [0.2, 0.25) is 5.91 Å². The van der Waals surface area contributed by atoms with Crippen molar-refractivity contribution < 1.29 is 9.53 Å². The van der Waals surface area contributed by atoms with Gasteiger partial charge in [-0.1, -0.05) is 54.1 Å². The van der Waals surface area contributed by atoms with E-state index < -0.39 is 0 Å². The first kappa shape index (κ1) is 21.4. The molecule has 154 valence electrons. The van der Waals surface area contributed by atoms with Crippen molar-refractivity contribution >= 4 is 29.3 Å². The smallest absolute Gasteiger partial charge is 0.241 e. The van der Waals surface area contributed by atoms with Gasteiger partial charge in [0, 0.05) is 38.4 Å². The topological polar surface area (TPSA) is 44.8 Å². The lowest BCUT2D eigenvalue weighted by molar-refractivity contribution is -0.121. The standard InChI is InChI=1S/C23H28ClN3O2/c1-18(23(28)25-20-10-11-22(29-2)21(24)17-20)27-15-13-26(14-16-27)12-6-9-19-7-4-3-5-8-19/h3-11,17-18H,12-16H2,1-2H3,(H,25,28)/b9-6+/t18-/m1/s1. The number of hydrogen-bond acceptors (Lipinski definition) is 4. The summed E-state index contributed by atoms with van der Waals surface area (Å²) in [7, 11) is 1.57. The monoisotopic (exact) mass is 413 g/mol. The predicted molar refractivity (Wildman–Crippen MR) is 120 cm³/mol. The number of piperazine rings is 1. The zero-order chi connectivity index (χ0) is 20.6. The van der Waals surface area contributed by atoms with Crippen LogP contribution in [0.4, 0.5) is 5.69 Å². The summed E-state index contributed by atoms with van der Waals surface area (Å²) in [5.41, 5.74) is 1.90. The first-order chi connectivity index (χ1) is 14.1. The van der Waals surface area contributed by atoms with E-state index in [9.17, 15) is 4.79 Å². The fourth-order valence-electron chi connectivity index (χ4n) is 3.39. The highest BCUT2D eigenvalue weighted by Gasteiger charge is 2.25. The molecule has 1 amide bonds. The van der Waals surface area contributed by atoms with Gasteiger partial charge in [-0.3, -0.25) is 14.6 Å². The maximum Gasteiger partial charge on any atom is 0.241 e. The van der Waals surface area contributed by atoms with Crippen molar-refractivity contribution in [2.45, 2.75) is 13.0 Å². The number of nitrogens with one attached hydrogen (secondary N) is 1. The van der Waals surface area contributed by atoms with Gasteiger partial charge < -0.3 is 10.1 Å². The van der Waals surface area contributed by atoms with Gasteiger partial charge in [-0.15, -0.1) is 0 Å². The highest BCUT2D eigenvalue weighted by Crippen LogP contribution is 2.27. The summed E-state index contributed by atoms with van der Waals surface area (Å²) in [4.78, 5) is 17.3. The molecule has 0 saturated carbocycles. The van der Waals surface area contributed by atoms with Crippen molar-refractivity contribution in [1.82, 2.24) is 9.80 Å². The first-order valence-corrected chi connectivity index (χ1v) is 10.3. The Balaban J connectivity index is 1.45. The van der Waals surface area contributed by atoms with Crippen LogP contribution in [0.15, 0.2) is 54.6 Å². The Morgan fingerprint density at radius 3 is 2.55 bits per heavy atom. The van der Waals surface area contributed by atoms with Crippen LogP contribution in [-0.4, -0.2) is 61.6 Å². The molecule has 2 aromatic rings. The average Bonchev–Trinajstić information content (AvgIpc) is 2.74. The number of carbonyl (C=O) groups is 1. The van der Waals surface area contributed by atoms with E-state index >= 15 is 0 Å². The summed E-state index contributed by atoms with van der Waals surface area (Å²) in [5, 5.41) is 3.43. The Morgan fingerprint density at radius 2 is 1.90 bits per heavy atom. The molecule has 1 heterocycles. The molecular formula is C23H28ClN3O2. The molecule has 29 heavy (non-hydrogen) atoms. The lowest BCUT2D eigenvalue weighted by Gasteiger charge is -2.37. The number of nitrogens with zero attached hydrogens (tertiary/aromatic N) is 2. The number of hydrogen-bond donors (Lipinski definition) is 1. The van der Waals surface area contributed by atoms with Gasteiger partial charge in [-0.25, -0.2) is 0 Å². The third kappa shape index (κ3) is 6.07. The van der Waals surface area contributed by atoms with Gasteiger partial charge >= 0.3 is 0 Å². The Bertz CT molecular complexity index is 833. The quantitative estimate of drug-likeness (QED) is 0.745. The minimum absolute atomic E-state index is 0.0244. The molecule has 6 heteroatoms. The molecule has 0 bridgehead atoms. The van der Waals surface area contributed by atoms with Crippen LogP contribution in [-0.2, 0) is 4.79 Å². The second kappa shape index (κ2) is 10.4. The van der Waals surface area contributed by atoms with Crippen molar-refractivity contribution in [2.75, 3.05) is 45.2 Å². The van der Waals surface area contributed by atoms with Crippen molar-refractivity contribution in [3.05, 3.63) is 65.2 Å². The van der Waals surface area contributed by atoms with Crippen LogP contribution in [0.1, 0.15) is 12.5 Å². The van der Waals surface area contributed by atoms with Gasteiger partial charge in [-0.2, -0.15) is 0 Å². The van der Waals surface area contributed by atoms with E-state index in [0.717, 1.165) is 32.7 Å². The molecule has 1 fully saturated rings. The Hall–Kier alpha value is -2.34. The van der Waals surface area contributed by atoms with Crippen LogP contribution in [0, 0.1) is 0 Å². The largest absolute Gasteiger partial charge is 0.495 e. The molecule has 1 aliphatic heterocycles. The summed E-state index contributed by atoms with van der Waals surface area (Å²) >= 11 is 6.14. The van der Waals surface area contributed by atoms with E-state index in [0.29, 0.717) is 16.5 Å². The van der Waals surface area contributed by atoms with Crippen LogP contribution >= 0.6 is 11.6 Å². The van der Waals surface area contributed by atoms with E-state index in [1.54, 1.807) is 25.3 Å². The van der Waals surface area contributed by atoms with Crippen LogP contribution < -0.4 is 10.1 Å². The van der Waals surface area contributed by atoms with Gasteiger partial charge in [0.25, 0.3) is 0 Å². The van der Waals surface area contributed by atoms with Crippen LogP contribution in [0.25, 0.3) is 6.08 Å². The molecule has 2 aromatic carbocycles.